The van der Waals surface area contributed by atoms with Gasteiger partial charge in [-0.2, -0.15) is 0 Å². The van der Waals surface area contributed by atoms with Gasteiger partial charge in [0.15, 0.2) is 11.5 Å². The second-order valence-corrected chi connectivity index (χ2v) is 6.41. The number of ether oxygens (including phenoxy) is 2. The van der Waals surface area contributed by atoms with Gasteiger partial charge in [-0.1, -0.05) is 30.3 Å². The average molecular weight is 356 g/mol. The molecule has 2 aromatic carbocycles. The van der Waals surface area contributed by atoms with Crippen molar-refractivity contribution in [3.05, 3.63) is 59.2 Å². The number of amides is 2. The molecule has 138 valence electrons. The van der Waals surface area contributed by atoms with E-state index in [9.17, 15) is 9.90 Å². The first-order valence-corrected chi connectivity index (χ1v) is 8.59. The van der Waals surface area contributed by atoms with Crippen LogP contribution in [-0.4, -0.2) is 31.9 Å². The maximum absolute atomic E-state index is 12.1. The number of urea groups is 1. The van der Waals surface area contributed by atoms with Gasteiger partial charge in [-0.15, -0.1) is 0 Å². The predicted molar refractivity (Wildman–Crippen MR) is 98.4 cm³/mol. The molecule has 6 nitrogen and oxygen atoms in total. The van der Waals surface area contributed by atoms with Crippen molar-refractivity contribution in [2.24, 2.45) is 0 Å². The Morgan fingerprint density at radius 1 is 1.12 bits per heavy atom. The van der Waals surface area contributed by atoms with Crippen molar-refractivity contribution >= 4 is 6.03 Å². The molecule has 0 bridgehead atoms. The molecule has 2 amide bonds. The highest BCUT2D eigenvalue weighted by atomic mass is 16.5. The highest BCUT2D eigenvalue weighted by Crippen LogP contribution is 2.36. The minimum Gasteiger partial charge on any atom is -0.493 e. The molecule has 26 heavy (non-hydrogen) atoms. The van der Waals surface area contributed by atoms with Crippen LogP contribution in [0.3, 0.4) is 0 Å². The number of hydrogen-bond acceptors (Lipinski definition) is 4. The number of fused-ring (bicyclic) bond motifs is 1. The summed E-state index contributed by atoms with van der Waals surface area (Å²) in [5, 5.41) is 16.4. The largest absolute Gasteiger partial charge is 0.493 e. The topological polar surface area (TPSA) is 79.8 Å². The van der Waals surface area contributed by atoms with Crippen LogP contribution < -0.4 is 20.1 Å². The summed E-state index contributed by atoms with van der Waals surface area (Å²) in [6, 6.07) is 13.0. The van der Waals surface area contributed by atoms with Gasteiger partial charge in [0.05, 0.1) is 20.8 Å². The van der Waals surface area contributed by atoms with Crippen molar-refractivity contribution < 1.29 is 19.4 Å². The summed E-state index contributed by atoms with van der Waals surface area (Å²) in [5.41, 5.74) is 1.93. The van der Waals surface area contributed by atoms with Crippen molar-refractivity contribution in [1.29, 1.82) is 0 Å². The number of carbonyl (C=O) groups is 1. The number of benzene rings is 2. The van der Waals surface area contributed by atoms with Gasteiger partial charge >= 0.3 is 6.03 Å². The quantitative estimate of drug-likeness (QED) is 0.742. The van der Waals surface area contributed by atoms with E-state index in [2.05, 4.69) is 10.6 Å². The van der Waals surface area contributed by atoms with Crippen LogP contribution in [0, 0.1) is 0 Å². The Morgan fingerprint density at radius 2 is 1.88 bits per heavy atom. The number of rotatable bonds is 6. The molecule has 0 aliphatic heterocycles. The maximum Gasteiger partial charge on any atom is 0.315 e. The summed E-state index contributed by atoms with van der Waals surface area (Å²) in [4.78, 5) is 12.1. The molecule has 1 aliphatic carbocycles. The van der Waals surface area contributed by atoms with Gasteiger partial charge in [-0.05, 0) is 41.7 Å². The molecule has 0 heterocycles. The van der Waals surface area contributed by atoms with Crippen LogP contribution in [0.4, 0.5) is 4.79 Å². The summed E-state index contributed by atoms with van der Waals surface area (Å²) in [6.07, 6.45) is 1.43. The highest BCUT2D eigenvalue weighted by molar-refractivity contribution is 5.74. The third kappa shape index (κ3) is 3.75. The predicted octanol–water partition coefficient (Wildman–Crippen LogP) is 2.34. The Hall–Kier alpha value is -2.73. The van der Waals surface area contributed by atoms with E-state index in [1.54, 1.807) is 20.3 Å². The van der Waals surface area contributed by atoms with Crippen molar-refractivity contribution in [2.45, 2.75) is 25.0 Å². The molecule has 0 saturated heterocycles. The van der Waals surface area contributed by atoms with Crippen LogP contribution in [0.5, 0.6) is 11.5 Å². The SMILES string of the molecule is COc1ccc(CNC(=O)NC[C@@]2(O)CCc3ccccc32)cc1OC. The van der Waals surface area contributed by atoms with Crippen molar-refractivity contribution in [3.8, 4) is 11.5 Å². The van der Waals surface area contributed by atoms with E-state index in [-0.39, 0.29) is 12.6 Å². The van der Waals surface area contributed by atoms with Crippen LogP contribution in [-0.2, 0) is 18.6 Å². The average Bonchev–Trinajstić information content (AvgIpc) is 3.02. The van der Waals surface area contributed by atoms with Crippen LogP contribution in [0.2, 0.25) is 0 Å². The van der Waals surface area contributed by atoms with Crippen LogP contribution in [0.25, 0.3) is 0 Å². The van der Waals surface area contributed by atoms with Gasteiger partial charge in [0.1, 0.15) is 5.60 Å². The smallest absolute Gasteiger partial charge is 0.315 e. The molecule has 0 fully saturated rings. The third-order valence-corrected chi connectivity index (χ3v) is 4.77. The molecule has 2 aromatic rings. The maximum atomic E-state index is 12.1. The molecule has 3 rings (SSSR count). The summed E-state index contributed by atoms with van der Waals surface area (Å²) in [5.74, 6) is 1.26. The zero-order valence-electron chi connectivity index (χ0n) is 15.0. The van der Waals surface area contributed by atoms with Gasteiger partial charge in [0.2, 0.25) is 0 Å². The molecule has 0 aromatic heterocycles. The molecule has 3 N–H and O–H groups in total. The van der Waals surface area contributed by atoms with E-state index < -0.39 is 5.60 Å². The minimum absolute atomic E-state index is 0.182. The van der Waals surface area contributed by atoms with E-state index in [0.29, 0.717) is 24.5 Å². The van der Waals surface area contributed by atoms with E-state index in [1.165, 1.54) is 0 Å². The second kappa shape index (κ2) is 7.66. The van der Waals surface area contributed by atoms with Gasteiger partial charge in [0, 0.05) is 6.54 Å². The fraction of sp³-hybridized carbons (Fsp3) is 0.350. The Balaban J connectivity index is 1.54. The summed E-state index contributed by atoms with van der Waals surface area (Å²) in [7, 11) is 3.15. The lowest BCUT2D eigenvalue weighted by Crippen LogP contribution is -2.43. The molecular formula is C20H24N2O4. The van der Waals surface area contributed by atoms with E-state index >= 15 is 0 Å². The number of methoxy groups -OCH3 is 2. The molecule has 0 spiro atoms. The third-order valence-electron chi connectivity index (χ3n) is 4.77. The normalized spacial score (nSPS) is 18.1. The van der Waals surface area contributed by atoms with Crippen molar-refractivity contribution in [2.75, 3.05) is 20.8 Å². The van der Waals surface area contributed by atoms with Crippen LogP contribution in [0.15, 0.2) is 42.5 Å². The fourth-order valence-corrected chi connectivity index (χ4v) is 3.31. The lowest BCUT2D eigenvalue weighted by Gasteiger charge is -2.24. The standard InChI is InChI=1S/C20H24N2O4/c1-25-17-8-7-14(11-18(17)26-2)12-21-19(23)22-13-20(24)10-9-15-5-3-4-6-16(15)20/h3-8,11,24H,9-10,12-13H2,1-2H3,(H2,21,22,23)/t20-/m0/s1. The van der Waals surface area contributed by atoms with Gasteiger partial charge in [-0.3, -0.25) is 0 Å². The lowest BCUT2D eigenvalue weighted by molar-refractivity contribution is 0.0412. The Kier molecular flexibility index (Phi) is 5.32. The van der Waals surface area contributed by atoms with Crippen molar-refractivity contribution in [1.82, 2.24) is 10.6 Å². The van der Waals surface area contributed by atoms with Gasteiger partial charge in [0.25, 0.3) is 0 Å². The molecule has 0 saturated carbocycles. The van der Waals surface area contributed by atoms with Crippen molar-refractivity contribution in [3.63, 3.8) is 0 Å². The lowest BCUT2D eigenvalue weighted by atomic mass is 9.96. The minimum atomic E-state index is -1.00. The Labute approximate surface area is 153 Å². The van der Waals surface area contributed by atoms with Gasteiger partial charge < -0.3 is 25.2 Å². The zero-order valence-corrected chi connectivity index (χ0v) is 15.0. The fourth-order valence-electron chi connectivity index (χ4n) is 3.31. The number of aryl methyl sites for hydroxylation is 1. The number of aliphatic hydroxyl groups is 1. The molecule has 1 aliphatic rings. The molecule has 6 heteroatoms. The Bertz CT molecular complexity index is 793. The highest BCUT2D eigenvalue weighted by Gasteiger charge is 2.36. The van der Waals surface area contributed by atoms with E-state index in [1.807, 2.05) is 36.4 Å². The van der Waals surface area contributed by atoms with Crippen LogP contribution in [0.1, 0.15) is 23.1 Å². The first-order chi connectivity index (χ1) is 12.6. The summed E-state index contributed by atoms with van der Waals surface area (Å²) in [6.45, 7) is 0.531. The second-order valence-electron chi connectivity index (χ2n) is 6.41. The van der Waals surface area contributed by atoms with Crippen LogP contribution >= 0.6 is 0 Å². The molecule has 0 radical (unpaired) electrons. The summed E-state index contributed by atoms with van der Waals surface area (Å²) < 4.78 is 10.5. The number of nitrogens with one attached hydrogen (secondary N) is 2. The van der Waals surface area contributed by atoms with E-state index in [0.717, 1.165) is 23.1 Å². The molecule has 0 unspecified atom stereocenters. The monoisotopic (exact) mass is 356 g/mol. The number of hydrogen-bond donors (Lipinski definition) is 3. The Morgan fingerprint density at radius 3 is 2.65 bits per heavy atom. The first-order valence-electron chi connectivity index (χ1n) is 8.59. The van der Waals surface area contributed by atoms with E-state index in [4.69, 9.17) is 9.47 Å². The summed E-state index contributed by atoms with van der Waals surface area (Å²) >= 11 is 0. The van der Waals surface area contributed by atoms with Gasteiger partial charge in [-0.25, -0.2) is 4.79 Å². The molecule has 1 atom stereocenters. The first kappa shape index (κ1) is 18.1. The molecular weight excluding hydrogens is 332 g/mol. The number of carbonyl (C=O) groups excluding carboxylic acids is 1. The zero-order chi connectivity index (χ0) is 18.6.